The molecule has 0 aliphatic carbocycles. The number of ether oxygens (including phenoxy) is 3. The Bertz CT molecular complexity index is 358. The van der Waals surface area contributed by atoms with Crippen LogP contribution in [0.1, 0.15) is 27.2 Å². The Hall–Kier alpha value is -1.42. The number of hydrogen-bond acceptors (Lipinski definition) is 7. The molecule has 0 saturated heterocycles. The van der Waals surface area contributed by atoms with Gasteiger partial charge in [-0.2, -0.15) is 5.48 Å². The van der Waals surface area contributed by atoms with E-state index in [-0.39, 0.29) is 19.6 Å². The number of hydroxylamine groups is 1. The summed E-state index contributed by atoms with van der Waals surface area (Å²) in [7, 11) is 1.92. The Kier molecular flexibility index (Phi) is 12.2. The van der Waals surface area contributed by atoms with Gasteiger partial charge in [0, 0.05) is 13.1 Å². The van der Waals surface area contributed by atoms with Crippen molar-refractivity contribution in [1.82, 2.24) is 10.4 Å². The van der Waals surface area contributed by atoms with Crippen LogP contribution in [-0.2, 0) is 23.8 Å². The van der Waals surface area contributed by atoms with Crippen LogP contribution >= 0.6 is 0 Å². The topological polar surface area (TPSA) is 107 Å². The van der Waals surface area contributed by atoms with E-state index in [1.165, 1.54) is 0 Å². The molecule has 0 heterocycles. The van der Waals surface area contributed by atoms with Crippen molar-refractivity contribution in [3.63, 3.8) is 0 Å². The van der Waals surface area contributed by atoms with Gasteiger partial charge in [-0.3, -0.25) is 9.63 Å². The summed E-state index contributed by atoms with van der Waals surface area (Å²) in [5.74, 6) is -0.861. The third-order valence-electron chi connectivity index (χ3n) is 2.58. The lowest BCUT2D eigenvalue weighted by molar-refractivity contribution is -0.138. The van der Waals surface area contributed by atoms with Crippen molar-refractivity contribution in [1.29, 1.82) is 0 Å². The van der Waals surface area contributed by atoms with Crippen LogP contribution in [0.5, 0.6) is 0 Å². The number of aliphatic carboxylic acids is 1. The van der Waals surface area contributed by atoms with Gasteiger partial charge in [-0.15, -0.1) is 0 Å². The average molecular weight is 350 g/mol. The zero-order valence-electron chi connectivity index (χ0n) is 15.0. The second kappa shape index (κ2) is 12.9. The highest BCUT2D eigenvalue weighted by molar-refractivity contribution is 5.66. The molecule has 0 atom stereocenters. The first-order valence-corrected chi connectivity index (χ1v) is 7.87. The third kappa shape index (κ3) is 16.9. The zero-order chi connectivity index (χ0) is 18.4. The number of likely N-dealkylation sites (N-methyl/N-ethyl adjacent to an activating group) is 1. The van der Waals surface area contributed by atoms with Gasteiger partial charge < -0.3 is 24.2 Å². The summed E-state index contributed by atoms with van der Waals surface area (Å²) in [6.45, 7) is 8.49. The van der Waals surface area contributed by atoms with Crippen LogP contribution in [0.4, 0.5) is 4.79 Å². The Morgan fingerprint density at radius 3 is 2.12 bits per heavy atom. The molecule has 0 rings (SSSR count). The highest BCUT2D eigenvalue weighted by atomic mass is 16.7. The lowest BCUT2D eigenvalue weighted by Crippen LogP contribution is -2.33. The number of nitrogens with zero attached hydrogens (tertiary/aromatic N) is 1. The van der Waals surface area contributed by atoms with Crippen LogP contribution in [0.25, 0.3) is 0 Å². The van der Waals surface area contributed by atoms with Gasteiger partial charge in [-0.25, -0.2) is 4.79 Å². The van der Waals surface area contributed by atoms with Crippen molar-refractivity contribution in [2.75, 3.05) is 53.2 Å². The molecule has 0 aromatic heterocycles. The van der Waals surface area contributed by atoms with Gasteiger partial charge >= 0.3 is 12.1 Å². The summed E-state index contributed by atoms with van der Waals surface area (Å²) in [5.41, 5.74) is 1.61. The third-order valence-corrected chi connectivity index (χ3v) is 2.58. The standard InChI is InChI=1S/C15H30N2O7/c1-15(2,3)24-14(20)16-23-12-11-22-10-7-17(4)6-9-21-8-5-13(18)19/h5-12H2,1-4H3,(H,16,20)(H,18,19). The summed E-state index contributed by atoms with van der Waals surface area (Å²) in [5, 5.41) is 8.46. The highest BCUT2D eigenvalue weighted by Crippen LogP contribution is 2.06. The fourth-order valence-corrected chi connectivity index (χ4v) is 1.43. The first kappa shape index (κ1) is 22.6. The lowest BCUT2D eigenvalue weighted by atomic mass is 10.2. The van der Waals surface area contributed by atoms with Gasteiger partial charge in [-0.1, -0.05) is 0 Å². The van der Waals surface area contributed by atoms with E-state index < -0.39 is 17.7 Å². The normalized spacial score (nSPS) is 11.5. The predicted molar refractivity (Wildman–Crippen MR) is 86.7 cm³/mol. The molecule has 0 spiro atoms. The summed E-state index contributed by atoms with van der Waals surface area (Å²) in [6.07, 6.45) is -0.616. The van der Waals surface area contributed by atoms with E-state index in [1.54, 1.807) is 20.8 Å². The molecule has 0 aromatic carbocycles. The number of carbonyl (C=O) groups excluding carboxylic acids is 1. The van der Waals surface area contributed by atoms with Gasteiger partial charge in [0.25, 0.3) is 0 Å². The Balaban J connectivity index is 3.37. The minimum atomic E-state index is -0.861. The maximum atomic E-state index is 11.3. The number of amides is 1. The molecule has 0 fully saturated rings. The number of carbonyl (C=O) groups is 2. The quantitative estimate of drug-likeness (QED) is 0.372. The zero-order valence-corrected chi connectivity index (χ0v) is 15.0. The SMILES string of the molecule is CN(CCOCCONC(=O)OC(C)(C)C)CCOCCC(=O)O. The molecule has 9 heteroatoms. The maximum absolute atomic E-state index is 11.3. The number of nitrogens with one attached hydrogen (secondary N) is 1. The van der Waals surface area contributed by atoms with E-state index in [4.69, 9.17) is 24.2 Å². The van der Waals surface area contributed by atoms with Crippen molar-refractivity contribution in [2.24, 2.45) is 0 Å². The molecule has 0 aromatic rings. The van der Waals surface area contributed by atoms with E-state index in [0.717, 1.165) is 0 Å². The van der Waals surface area contributed by atoms with Gasteiger partial charge in [-0.05, 0) is 27.8 Å². The molecule has 1 amide bonds. The van der Waals surface area contributed by atoms with Crippen LogP contribution in [0.3, 0.4) is 0 Å². The molecule has 24 heavy (non-hydrogen) atoms. The first-order chi connectivity index (χ1) is 11.2. The minimum Gasteiger partial charge on any atom is -0.481 e. The van der Waals surface area contributed by atoms with Gasteiger partial charge in [0.2, 0.25) is 0 Å². The Morgan fingerprint density at radius 1 is 1.00 bits per heavy atom. The molecular weight excluding hydrogens is 320 g/mol. The van der Waals surface area contributed by atoms with Crippen molar-refractivity contribution < 1.29 is 33.7 Å². The lowest BCUT2D eigenvalue weighted by Gasteiger charge is -2.19. The van der Waals surface area contributed by atoms with Crippen LogP contribution in [-0.4, -0.2) is 80.8 Å². The van der Waals surface area contributed by atoms with Crippen molar-refractivity contribution in [3.05, 3.63) is 0 Å². The van der Waals surface area contributed by atoms with Crippen molar-refractivity contribution in [2.45, 2.75) is 32.8 Å². The monoisotopic (exact) mass is 350 g/mol. The predicted octanol–water partition coefficient (Wildman–Crippen LogP) is 0.882. The summed E-state index contributed by atoms with van der Waals surface area (Å²) >= 11 is 0. The molecule has 0 aliphatic heterocycles. The second-order valence-electron chi connectivity index (χ2n) is 6.12. The Morgan fingerprint density at radius 2 is 1.58 bits per heavy atom. The molecular formula is C15H30N2O7. The van der Waals surface area contributed by atoms with E-state index in [9.17, 15) is 9.59 Å². The maximum Gasteiger partial charge on any atom is 0.431 e. The summed E-state index contributed by atoms with van der Waals surface area (Å²) in [4.78, 5) is 28.5. The Labute approximate surface area is 143 Å². The number of hydrogen-bond donors (Lipinski definition) is 2. The van der Waals surface area contributed by atoms with Gasteiger partial charge in [0.15, 0.2) is 0 Å². The molecule has 0 radical (unpaired) electrons. The summed E-state index contributed by atoms with van der Waals surface area (Å²) < 4.78 is 15.6. The van der Waals surface area contributed by atoms with Crippen LogP contribution in [0.15, 0.2) is 0 Å². The number of rotatable bonds is 13. The number of carboxylic acid groups (broad SMARTS) is 1. The number of carboxylic acids is 1. The largest absolute Gasteiger partial charge is 0.481 e. The fraction of sp³-hybridized carbons (Fsp3) is 0.867. The molecule has 0 aliphatic rings. The molecule has 0 saturated carbocycles. The first-order valence-electron chi connectivity index (χ1n) is 7.87. The average Bonchev–Trinajstić information content (AvgIpc) is 2.43. The highest BCUT2D eigenvalue weighted by Gasteiger charge is 2.15. The molecule has 2 N–H and O–H groups in total. The van der Waals surface area contributed by atoms with E-state index in [2.05, 4.69) is 5.48 Å². The minimum absolute atomic E-state index is 0.0180. The van der Waals surface area contributed by atoms with E-state index in [0.29, 0.717) is 32.9 Å². The van der Waals surface area contributed by atoms with Gasteiger partial charge in [0.05, 0.1) is 39.5 Å². The molecule has 142 valence electrons. The second-order valence-corrected chi connectivity index (χ2v) is 6.12. The van der Waals surface area contributed by atoms with Crippen LogP contribution in [0.2, 0.25) is 0 Å². The fourth-order valence-electron chi connectivity index (χ4n) is 1.43. The smallest absolute Gasteiger partial charge is 0.431 e. The van der Waals surface area contributed by atoms with E-state index >= 15 is 0 Å². The van der Waals surface area contributed by atoms with Gasteiger partial charge in [0.1, 0.15) is 5.60 Å². The van der Waals surface area contributed by atoms with Crippen molar-refractivity contribution >= 4 is 12.1 Å². The van der Waals surface area contributed by atoms with Crippen LogP contribution in [0, 0.1) is 0 Å². The van der Waals surface area contributed by atoms with Crippen molar-refractivity contribution in [3.8, 4) is 0 Å². The van der Waals surface area contributed by atoms with Crippen LogP contribution < -0.4 is 5.48 Å². The molecule has 0 unspecified atom stereocenters. The molecule has 0 bridgehead atoms. The van der Waals surface area contributed by atoms with E-state index in [1.807, 2.05) is 11.9 Å². The summed E-state index contributed by atoms with van der Waals surface area (Å²) in [6, 6.07) is 0. The molecule has 9 nitrogen and oxygen atoms in total.